The van der Waals surface area contributed by atoms with Crippen molar-refractivity contribution in [2.45, 2.75) is 43.9 Å². The van der Waals surface area contributed by atoms with Crippen LogP contribution in [0.2, 0.25) is 0 Å². The number of carboxylic acid groups (broad SMARTS) is 1. The standard InChI is InChI=1S/C17H27N5O2.C2HF3O2/c1-20(2)17(24)21-10-12-6-14(7-13(12)11-21)19-9-16(23)22-5-3-4-15(22)8-18;3-2(4,5)1(6)7/h12-15,19H,3-7,9-11H2,1-2H3;(H,6,7)/t12-,13-,15?;/m0./s1. The first-order valence-corrected chi connectivity index (χ1v) is 10.1. The Balaban J connectivity index is 0.000000423. The minimum Gasteiger partial charge on any atom is -0.475 e. The van der Waals surface area contributed by atoms with E-state index in [2.05, 4.69) is 11.4 Å². The highest BCUT2D eigenvalue weighted by Crippen LogP contribution is 2.38. The Morgan fingerprint density at radius 3 is 2.19 bits per heavy atom. The predicted octanol–water partition coefficient (Wildman–Crippen LogP) is 1.12. The zero-order valence-corrected chi connectivity index (χ0v) is 17.6. The maximum atomic E-state index is 12.3. The lowest BCUT2D eigenvalue weighted by molar-refractivity contribution is -0.192. The van der Waals surface area contributed by atoms with Gasteiger partial charge in [0.1, 0.15) is 6.04 Å². The van der Waals surface area contributed by atoms with Crippen LogP contribution >= 0.6 is 0 Å². The second kappa shape index (κ2) is 10.2. The molecule has 0 aromatic rings. The molecule has 1 saturated carbocycles. The fourth-order valence-electron chi connectivity index (χ4n) is 4.44. The summed E-state index contributed by atoms with van der Waals surface area (Å²) < 4.78 is 31.7. The lowest BCUT2D eigenvalue weighted by Gasteiger charge is -2.24. The van der Waals surface area contributed by atoms with E-state index in [1.54, 1.807) is 23.9 Å². The van der Waals surface area contributed by atoms with Crippen LogP contribution in [0.4, 0.5) is 18.0 Å². The molecule has 0 radical (unpaired) electrons. The molecule has 0 spiro atoms. The second-order valence-electron chi connectivity index (χ2n) is 8.33. The summed E-state index contributed by atoms with van der Waals surface area (Å²) in [6.45, 7) is 2.69. The molecule has 3 amide bonds. The summed E-state index contributed by atoms with van der Waals surface area (Å²) in [4.78, 5) is 38.5. The van der Waals surface area contributed by atoms with Gasteiger partial charge in [0, 0.05) is 39.8 Å². The molecule has 0 aromatic carbocycles. The zero-order valence-electron chi connectivity index (χ0n) is 17.6. The van der Waals surface area contributed by atoms with Gasteiger partial charge in [0.25, 0.3) is 0 Å². The summed E-state index contributed by atoms with van der Waals surface area (Å²) in [5, 5.41) is 19.6. The maximum absolute atomic E-state index is 12.3. The lowest BCUT2D eigenvalue weighted by atomic mass is 10.0. The highest BCUT2D eigenvalue weighted by molar-refractivity contribution is 5.79. The quantitative estimate of drug-likeness (QED) is 0.670. The minimum absolute atomic E-state index is 0.0421. The highest BCUT2D eigenvalue weighted by atomic mass is 19.4. The van der Waals surface area contributed by atoms with E-state index in [0.29, 0.717) is 31.0 Å². The van der Waals surface area contributed by atoms with E-state index >= 15 is 0 Å². The number of nitriles is 1. The summed E-state index contributed by atoms with van der Waals surface area (Å²) in [6.07, 6.45) is -1.31. The van der Waals surface area contributed by atoms with Crippen LogP contribution in [0.15, 0.2) is 0 Å². The predicted molar refractivity (Wildman–Crippen MR) is 103 cm³/mol. The number of halogens is 3. The lowest BCUT2D eigenvalue weighted by Crippen LogP contribution is -2.43. The monoisotopic (exact) mass is 447 g/mol. The van der Waals surface area contributed by atoms with Crippen LogP contribution in [0.5, 0.6) is 0 Å². The molecule has 2 N–H and O–H groups in total. The SMILES string of the molecule is CN(C)C(=O)N1C[C@@H]2CC(NCC(=O)N3CCCC3C#N)C[C@H]2C1.O=C(O)C(F)(F)F. The molecule has 31 heavy (non-hydrogen) atoms. The summed E-state index contributed by atoms with van der Waals surface area (Å²) in [5.41, 5.74) is 0. The molecule has 2 heterocycles. The highest BCUT2D eigenvalue weighted by Gasteiger charge is 2.43. The Hall–Kier alpha value is -2.55. The second-order valence-corrected chi connectivity index (χ2v) is 8.33. The molecule has 0 aromatic heterocycles. The maximum Gasteiger partial charge on any atom is 0.490 e. The van der Waals surface area contributed by atoms with E-state index in [1.807, 2.05) is 4.90 Å². The summed E-state index contributed by atoms with van der Waals surface area (Å²) in [6, 6.07) is 2.42. The van der Waals surface area contributed by atoms with Crippen molar-refractivity contribution in [3.8, 4) is 6.07 Å². The summed E-state index contributed by atoms with van der Waals surface area (Å²) in [7, 11) is 3.58. The number of urea groups is 1. The number of carbonyl (C=O) groups excluding carboxylic acids is 2. The first-order valence-electron chi connectivity index (χ1n) is 10.1. The topological polar surface area (TPSA) is 117 Å². The van der Waals surface area contributed by atoms with Gasteiger partial charge in [-0.15, -0.1) is 0 Å². The van der Waals surface area contributed by atoms with Crippen molar-refractivity contribution in [1.29, 1.82) is 5.26 Å². The van der Waals surface area contributed by atoms with Crippen LogP contribution in [-0.2, 0) is 9.59 Å². The normalized spacial score (nSPS) is 25.5. The molecule has 3 rings (SSSR count). The van der Waals surface area contributed by atoms with Crippen LogP contribution in [0.1, 0.15) is 25.7 Å². The molecule has 0 bridgehead atoms. The number of nitrogens with one attached hydrogen (secondary N) is 1. The third-order valence-electron chi connectivity index (χ3n) is 5.91. The average molecular weight is 447 g/mol. The Morgan fingerprint density at radius 1 is 1.19 bits per heavy atom. The van der Waals surface area contributed by atoms with Gasteiger partial charge in [0.15, 0.2) is 0 Å². The van der Waals surface area contributed by atoms with Crippen LogP contribution < -0.4 is 5.32 Å². The smallest absolute Gasteiger partial charge is 0.475 e. The van der Waals surface area contributed by atoms with Crippen molar-refractivity contribution in [3.05, 3.63) is 0 Å². The van der Waals surface area contributed by atoms with Gasteiger partial charge in [-0.25, -0.2) is 9.59 Å². The van der Waals surface area contributed by atoms with Crippen LogP contribution in [0.25, 0.3) is 0 Å². The molecule has 174 valence electrons. The van der Waals surface area contributed by atoms with E-state index in [1.165, 1.54) is 0 Å². The Kier molecular flexibility index (Phi) is 8.11. The van der Waals surface area contributed by atoms with Crippen molar-refractivity contribution in [3.63, 3.8) is 0 Å². The van der Waals surface area contributed by atoms with Crippen molar-refractivity contribution in [2.24, 2.45) is 11.8 Å². The number of carboxylic acids is 1. The van der Waals surface area contributed by atoms with E-state index in [4.69, 9.17) is 15.2 Å². The van der Waals surface area contributed by atoms with Gasteiger partial charge in [-0.3, -0.25) is 4.79 Å². The number of fused-ring (bicyclic) bond motifs is 1. The molecule has 12 heteroatoms. The van der Waals surface area contributed by atoms with Gasteiger partial charge in [0.2, 0.25) is 5.91 Å². The number of likely N-dealkylation sites (tertiary alicyclic amines) is 2. The van der Waals surface area contributed by atoms with E-state index in [9.17, 15) is 22.8 Å². The summed E-state index contributed by atoms with van der Waals surface area (Å²) >= 11 is 0. The molecular formula is C19H28F3N5O4. The largest absolute Gasteiger partial charge is 0.490 e. The van der Waals surface area contributed by atoms with Crippen molar-refractivity contribution < 1.29 is 32.7 Å². The van der Waals surface area contributed by atoms with Crippen molar-refractivity contribution in [2.75, 3.05) is 40.3 Å². The molecule has 1 aliphatic carbocycles. The molecule has 1 unspecified atom stereocenters. The van der Waals surface area contributed by atoms with Gasteiger partial charge in [-0.2, -0.15) is 18.4 Å². The van der Waals surface area contributed by atoms with E-state index in [0.717, 1.165) is 38.8 Å². The molecular weight excluding hydrogens is 419 g/mol. The number of aliphatic carboxylic acids is 1. The Labute approximate surface area is 178 Å². The third-order valence-corrected chi connectivity index (χ3v) is 5.91. The van der Waals surface area contributed by atoms with Gasteiger partial charge < -0.3 is 25.1 Å². The first kappa shape index (κ1) is 24.7. The minimum atomic E-state index is -5.08. The number of carbonyl (C=O) groups is 3. The number of hydrogen-bond acceptors (Lipinski definition) is 5. The number of hydrogen-bond donors (Lipinski definition) is 2. The Morgan fingerprint density at radius 2 is 1.74 bits per heavy atom. The average Bonchev–Trinajstić information content (AvgIpc) is 3.39. The number of alkyl halides is 3. The number of nitrogens with zero attached hydrogens (tertiary/aromatic N) is 4. The van der Waals surface area contributed by atoms with Gasteiger partial charge in [0.05, 0.1) is 12.6 Å². The fourth-order valence-corrected chi connectivity index (χ4v) is 4.44. The van der Waals surface area contributed by atoms with E-state index < -0.39 is 12.1 Å². The van der Waals surface area contributed by atoms with Crippen molar-refractivity contribution in [1.82, 2.24) is 20.0 Å². The van der Waals surface area contributed by atoms with E-state index in [-0.39, 0.29) is 18.0 Å². The number of amides is 3. The molecule has 3 atom stereocenters. The Bertz CT molecular complexity index is 710. The molecule has 2 aliphatic heterocycles. The summed E-state index contributed by atoms with van der Waals surface area (Å²) in [5.74, 6) is -1.63. The number of rotatable bonds is 3. The van der Waals surface area contributed by atoms with Gasteiger partial charge in [-0.05, 0) is 37.5 Å². The first-order chi connectivity index (χ1) is 14.4. The van der Waals surface area contributed by atoms with Crippen LogP contribution in [-0.4, -0.2) is 96.2 Å². The van der Waals surface area contributed by atoms with Gasteiger partial charge >= 0.3 is 18.2 Å². The zero-order chi connectivity index (χ0) is 23.3. The molecule has 3 fully saturated rings. The molecule has 3 aliphatic rings. The molecule has 9 nitrogen and oxygen atoms in total. The fraction of sp³-hybridized carbons (Fsp3) is 0.789. The van der Waals surface area contributed by atoms with Crippen molar-refractivity contribution >= 4 is 17.9 Å². The van der Waals surface area contributed by atoms with Crippen LogP contribution in [0, 0.1) is 23.2 Å². The molecule has 2 saturated heterocycles. The van der Waals surface area contributed by atoms with Gasteiger partial charge in [-0.1, -0.05) is 0 Å². The third kappa shape index (κ3) is 6.46. The van der Waals surface area contributed by atoms with Crippen LogP contribution in [0.3, 0.4) is 0 Å².